The van der Waals surface area contributed by atoms with Gasteiger partial charge in [0.25, 0.3) is 0 Å². The fraction of sp³-hybridized carbons (Fsp3) is 0.0714. The molecule has 0 bridgehead atoms. The highest BCUT2D eigenvalue weighted by molar-refractivity contribution is 9.10. The Kier molecular flexibility index (Phi) is 3.61. The Balaban J connectivity index is 2.11. The van der Waals surface area contributed by atoms with Gasteiger partial charge >= 0.3 is 5.69 Å². The molecule has 21 heavy (non-hydrogen) atoms. The highest BCUT2D eigenvalue weighted by atomic mass is 79.9. The molecule has 3 rings (SSSR count). The van der Waals surface area contributed by atoms with Crippen LogP contribution in [0.4, 0.5) is 4.39 Å². The summed E-state index contributed by atoms with van der Waals surface area (Å²) in [6.45, 7) is 0. The number of rotatable bonds is 2. The van der Waals surface area contributed by atoms with Crippen LogP contribution in [-0.4, -0.2) is 15.1 Å². The zero-order chi connectivity index (χ0) is 15.1. The topological polar surface area (TPSA) is 68.9 Å². The molecule has 7 heteroatoms. The zero-order valence-corrected chi connectivity index (χ0v) is 12.8. The van der Waals surface area contributed by atoms with E-state index in [2.05, 4.69) is 25.9 Å². The van der Waals surface area contributed by atoms with Crippen LogP contribution < -0.4 is 5.69 Å². The van der Waals surface area contributed by atoms with Gasteiger partial charge in [-0.2, -0.15) is 0 Å². The number of fused-ring (bicyclic) bond motifs is 1. The van der Waals surface area contributed by atoms with Crippen molar-refractivity contribution in [2.45, 2.75) is 6.10 Å². The second kappa shape index (κ2) is 5.29. The summed E-state index contributed by atoms with van der Waals surface area (Å²) in [5, 5.41) is 10.4. The van der Waals surface area contributed by atoms with Crippen LogP contribution in [0.1, 0.15) is 17.2 Å². The minimum absolute atomic E-state index is 0.00423. The van der Waals surface area contributed by atoms with Crippen LogP contribution in [0.25, 0.3) is 11.0 Å². The average Bonchev–Trinajstić information content (AvgIpc) is 2.79. The van der Waals surface area contributed by atoms with Crippen LogP contribution in [0, 0.1) is 5.82 Å². The molecule has 1 atom stereocenters. The second-order valence-electron chi connectivity index (χ2n) is 4.57. The third kappa shape index (κ3) is 2.62. The van der Waals surface area contributed by atoms with Gasteiger partial charge in [0.05, 0.1) is 16.1 Å². The lowest BCUT2D eigenvalue weighted by Gasteiger charge is -2.14. The third-order valence-corrected chi connectivity index (χ3v) is 4.18. The van der Waals surface area contributed by atoms with E-state index in [0.29, 0.717) is 26.6 Å². The van der Waals surface area contributed by atoms with Gasteiger partial charge in [0.2, 0.25) is 0 Å². The summed E-state index contributed by atoms with van der Waals surface area (Å²) >= 11 is 8.98. The Hall–Kier alpha value is -1.63. The predicted molar refractivity (Wildman–Crippen MR) is 82.1 cm³/mol. The second-order valence-corrected chi connectivity index (χ2v) is 5.84. The van der Waals surface area contributed by atoms with E-state index in [9.17, 15) is 14.3 Å². The number of benzene rings is 2. The molecular formula is C14H9BrClFN2O2. The lowest BCUT2D eigenvalue weighted by atomic mass is 10.0. The van der Waals surface area contributed by atoms with Crippen molar-refractivity contribution in [3.63, 3.8) is 0 Å². The third-order valence-electron chi connectivity index (χ3n) is 3.19. The molecule has 3 aromatic rings. The summed E-state index contributed by atoms with van der Waals surface area (Å²) < 4.78 is 14.1. The molecule has 1 unspecified atom stereocenters. The Morgan fingerprint density at radius 1 is 1.19 bits per heavy atom. The van der Waals surface area contributed by atoms with Crippen molar-refractivity contribution < 1.29 is 9.50 Å². The standard InChI is InChI=1S/C14H9BrClFN2O2/c15-8-5-12-11(18-14(21)19-12)4-7(8)13(20)6-1-2-9(16)10(17)3-6/h1-5,13,20H,(H2,18,19,21). The molecule has 0 saturated carbocycles. The number of H-pyrrole nitrogens is 2. The fourth-order valence-electron chi connectivity index (χ4n) is 2.14. The first-order chi connectivity index (χ1) is 9.95. The predicted octanol–water partition coefficient (Wildman–Crippen LogP) is 3.49. The van der Waals surface area contributed by atoms with Gasteiger partial charge in [0.15, 0.2) is 0 Å². The number of aromatic amines is 2. The number of aromatic nitrogens is 2. The Bertz CT molecular complexity index is 890. The van der Waals surface area contributed by atoms with Crippen LogP contribution in [-0.2, 0) is 0 Å². The molecule has 1 heterocycles. The minimum atomic E-state index is -1.05. The zero-order valence-electron chi connectivity index (χ0n) is 10.5. The molecule has 0 fully saturated rings. The summed E-state index contributed by atoms with van der Waals surface area (Å²) in [7, 11) is 0. The first kappa shape index (κ1) is 14.3. The number of hydrogen-bond donors (Lipinski definition) is 3. The number of imidazole rings is 1. The Morgan fingerprint density at radius 3 is 2.52 bits per heavy atom. The van der Waals surface area contributed by atoms with Crippen molar-refractivity contribution in [2.24, 2.45) is 0 Å². The molecule has 2 aromatic carbocycles. The van der Waals surface area contributed by atoms with Crippen LogP contribution in [0.5, 0.6) is 0 Å². The lowest BCUT2D eigenvalue weighted by molar-refractivity contribution is 0.219. The largest absolute Gasteiger partial charge is 0.384 e. The van der Waals surface area contributed by atoms with Crippen molar-refractivity contribution in [1.82, 2.24) is 9.97 Å². The van der Waals surface area contributed by atoms with Crippen molar-refractivity contribution in [1.29, 1.82) is 0 Å². The van der Waals surface area contributed by atoms with E-state index in [1.165, 1.54) is 12.1 Å². The number of hydrogen-bond acceptors (Lipinski definition) is 2. The molecule has 0 amide bonds. The van der Waals surface area contributed by atoms with Gasteiger partial charge in [-0.25, -0.2) is 9.18 Å². The molecule has 0 radical (unpaired) electrons. The van der Waals surface area contributed by atoms with Crippen molar-refractivity contribution >= 4 is 38.6 Å². The van der Waals surface area contributed by atoms with E-state index >= 15 is 0 Å². The highest BCUT2D eigenvalue weighted by Gasteiger charge is 2.17. The van der Waals surface area contributed by atoms with Crippen LogP contribution in [0.2, 0.25) is 5.02 Å². The number of aliphatic hydroxyl groups is 1. The van der Waals surface area contributed by atoms with Gasteiger partial charge in [-0.15, -0.1) is 0 Å². The maximum Gasteiger partial charge on any atom is 0.323 e. The molecule has 0 aliphatic carbocycles. The van der Waals surface area contributed by atoms with Gasteiger partial charge in [0, 0.05) is 10.0 Å². The van der Waals surface area contributed by atoms with E-state index in [4.69, 9.17) is 11.6 Å². The van der Waals surface area contributed by atoms with Gasteiger partial charge in [-0.1, -0.05) is 33.6 Å². The maximum absolute atomic E-state index is 13.5. The van der Waals surface area contributed by atoms with Gasteiger partial charge in [-0.3, -0.25) is 0 Å². The molecule has 0 saturated heterocycles. The van der Waals surface area contributed by atoms with Crippen LogP contribution in [0.15, 0.2) is 39.6 Å². The summed E-state index contributed by atoms with van der Waals surface area (Å²) in [6.07, 6.45) is -1.05. The van der Waals surface area contributed by atoms with Gasteiger partial charge in [-0.05, 0) is 29.8 Å². The Labute approximate surface area is 131 Å². The van der Waals surface area contributed by atoms with Crippen LogP contribution in [0.3, 0.4) is 0 Å². The molecule has 108 valence electrons. The van der Waals surface area contributed by atoms with E-state index in [0.717, 1.165) is 0 Å². The minimum Gasteiger partial charge on any atom is -0.384 e. The summed E-state index contributed by atoms with van der Waals surface area (Å²) in [5.41, 5.74) is 1.73. The van der Waals surface area contributed by atoms with E-state index in [1.807, 2.05) is 0 Å². The first-order valence-electron chi connectivity index (χ1n) is 6.00. The van der Waals surface area contributed by atoms with Crippen LogP contribution >= 0.6 is 27.5 Å². The summed E-state index contributed by atoms with van der Waals surface area (Å²) in [6, 6.07) is 7.43. The van der Waals surface area contributed by atoms with Crippen molar-refractivity contribution in [2.75, 3.05) is 0 Å². The van der Waals surface area contributed by atoms with E-state index in [1.54, 1.807) is 18.2 Å². The maximum atomic E-state index is 13.5. The SMILES string of the molecule is O=c1[nH]c2cc(Br)c(C(O)c3ccc(Cl)c(F)c3)cc2[nH]1. The smallest absolute Gasteiger partial charge is 0.323 e. The quantitative estimate of drug-likeness (QED) is 0.645. The van der Waals surface area contributed by atoms with E-state index < -0.39 is 11.9 Å². The summed E-state index contributed by atoms with van der Waals surface area (Å²) in [5.74, 6) is -0.597. The average molecular weight is 372 g/mol. The fourth-order valence-corrected chi connectivity index (χ4v) is 2.82. The van der Waals surface area contributed by atoms with Crippen molar-refractivity contribution in [3.8, 4) is 0 Å². The van der Waals surface area contributed by atoms with Crippen molar-refractivity contribution in [3.05, 3.63) is 67.3 Å². The number of aliphatic hydroxyl groups excluding tert-OH is 1. The summed E-state index contributed by atoms with van der Waals surface area (Å²) in [4.78, 5) is 16.5. The molecule has 4 nitrogen and oxygen atoms in total. The molecule has 0 aliphatic rings. The molecule has 3 N–H and O–H groups in total. The highest BCUT2D eigenvalue weighted by Crippen LogP contribution is 2.32. The van der Waals surface area contributed by atoms with Gasteiger partial charge < -0.3 is 15.1 Å². The molecule has 0 spiro atoms. The molecular weight excluding hydrogens is 363 g/mol. The molecule has 1 aromatic heterocycles. The normalized spacial score (nSPS) is 12.8. The van der Waals surface area contributed by atoms with Gasteiger partial charge in [0.1, 0.15) is 11.9 Å². The lowest BCUT2D eigenvalue weighted by Crippen LogP contribution is -2.01. The number of nitrogens with one attached hydrogen (secondary N) is 2. The van der Waals surface area contributed by atoms with E-state index in [-0.39, 0.29) is 10.7 Å². The monoisotopic (exact) mass is 370 g/mol. The number of halogens is 3. The first-order valence-corrected chi connectivity index (χ1v) is 7.17. The Morgan fingerprint density at radius 2 is 1.86 bits per heavy atom. The molecule has 0 aliphatic heterocycles.